The lowest BCUT2D eigenvalue weighted by atomic mass is 10.1. The van der Waals surface area contributed by atoms with E-state index in [9.17, 15) is 18.0 Å². The summed E-state index contributed by atoms with van der Waals surface area (Å²) in [5.74, 6) is 0.0107. The summed E-state index contributed by atoms with van der Waals surface area (Å²) in [6, 6.07) is 19.3. The van der Waals surface area contributed by atoms with Gasteiger partial charge in [-0.05, 0) is 62.2 Å². The Morgan fingerprint density at radius 3 is 2.30 bits per heavy atom. The van der Waals surface area contributed by atoms with Crippen molar-refractivity contribution >= 4 is 27.5 Å². The zero-order valence-corrected chi connectivity index (χ0v) is 24.4. The maximum absolute atomic E-state index is 14.0. The van der Waals surface area contributed by atoms with Gasteiger partial charge in [0.15, 0.2) is 0 Å². The predicted molar refractivity (Wildman–Crippen MR) is 155 cm³/mol. The molecule has 3 aromatic rings. The highest BCUT2D eigenvalue weighted by atomic mass is 32.2. The van der Waals surface area contributed by atoms with Gasteiger partial charge in [-0.2, -0.15) is 0 Å². The standard InChI is InChI=1S/C30H37N3O6S/c1-6-18-31-30(35)23(3)32(20-24-10-9-11-25(19-24)38-4)29(34)21-33(27-12-7-8-13-28(27)39-5)40(36,37)26-16-14-22(2)15-17-26/h7-17,19,23H,6,18,20-21H2,1-5H3,(H,31,35). The summed E-state index contributed by atoms with van der Waals surface area (Å²) in [5, 5.41) is 2.83. The highest BCUT2D eigenvalue weighted by Crippen LogP contribution is 2.32. The first-order valence-corrected chi connectivity index (χ1v) is 14.5. The Bertz CT molecular complexity index is 1410. The number of hydrogen-bond acceptors (Lipinski definition) is 6. The molecule has 214 valence electrons. The number of carbonyl (C=O) groups is 2. The summed E-state index contributed by atoms with van der Waals surface area (Å²) in [6.07, 6.45) is 0.735. The fourth-order valence-corrected chi connectivity index (χ4v) is 5.56. The van der Waals surface area contributed by atoms with Crippen LogP contribution in [0, 0.1) is 6.92 Å². The first kappa shape index (κ1) is 30.5. The van der Waals surface area contributed by atoms with Crippen LogP contribution in [-0.4, -0.2) is 58.5 Å². The summed E-state index contributed by atoms with van der Waals surface area (Å²) in [6.45, 7) is 5.40. The number of amides is 2. The second-order valence-electron chi connectivity index (χ2n) is 9.34. The quantitative estimate of drug-likeness (QED) is 0.333. The van der Waals surface area contributed by atoms with E-state index in [1.54, 1.807) is 68.6 Å². The van der Waals surface area contributed by atoms with E-state index < -0.39 is 28.5 Å². The van der Waals surface area contributed by atoms with Gasteiger partial charge in [0.05, 0.1) is 24.8 Å². The topological polar surface area (TPSA) is 105 Å². The molecule has 3 aromatic carbocycles. The molecule has 3 rings (SSSR count). The molecule has 9 nitrogen and oxygen atoms in total. The van der Waals surface area contributed by atoms with Crippen molar-refractivity contribution in [1.82, 2.24) is 10.2 Å². The number of nitrogens with zero attached hydrogens (tertiary/aromatic N) is 2. The van der Waals surface area contributed by atoms with E-state index in [0.717, 1.165) is 21.9 Å². The van der Waals surface area contributed by atoms with Crippen LogP contribution in [-0.2, 0) is 26.2 Å². The average Bonchev–Trinajstić information content (AvgIpc) is 2.97. The summed E-state index contributed by atoms with van der Waals surface area (Å²) >= 11 is 0. The number of ether oxygens (including phenoxy) is 2. The van der Waals surface area contributed by atoms with Crippen LogP contribution in [0.1, 0.15) is 31.4 Å². The van der Waals surface area contributed by atoms with E-state index in [4.69, 9.17) is 9.47 Å². The lowest BCUT2D eigenvalue weighted by molar-refractivity contribution is -0.139. The van der Waals surface area contributed by atoms with Crippen molar-refractivity contribution in [1.29, 1.82) is 0 Å². The van der Waals surface area contributed by atoms with Gasteiger partial charge in [0.25, 0.3) is 10.0 Å². The monoisotopic (exact) mass is 567 g/mol. The van der Waals surface area contributed by atoms with Crippen molar-refractivity contribution in [2.75, 3.05) is 31.6 Å². The van der Waals surface area contributed by atoms with E-state index in [1.165, 1.54) is 24.1 Å². The molecular formula is C30H37N3O6S. The lowest BCUT2D eigenvalue weighted by Gasteiger charge is -2.32. The zero-order chi connectivity index (χ0) is 29.3. The molecule has 1 N–H and O–H groups in total. The van der Waals surface area contributed by atoms with Crippen molar-refractivity contribution in [3.8, 4) is 11.5 Å². The van der Waals surface area contributed by atoms with Crippen LogP contribution in [0.25, 0.3) is 0 Å². The van der Waals surface area contributed by atoms with Crippen LogP contribution >= 0.6 is 0 Å². The van der Waals surface area contributed by atoms with Crippen molar-refractivity contribution in [2.45, 2.75) is 44.7 Å². The van der Waals surface area contributed by atoms with Gasteiger partial charge >= 0.3 is 0 Å². The van der Waals surface area contributed by atoms with Crippen LogP contribution in [0.5, 0.6) is 11.5 Å². The number of anilines is 1. The Kier molecular flexibility index (Phi) is 10.6. The van der Waals surface area contributed by atoms with Gasteiger partial charge in [-0.25, -0.2) is 8.42 Å². The van der Waals surface area contributed by atoms with Gasteiger partial charge in [0, 0.05) is 13.1 Å². The van der Waals surface area contributed by atoms with Crippen molar-refractivity contribution in [2.24, 2.45) is 0 Å². The largest absolute Gasteiger partial charge is 0.497 e. The fourth-order valence-electron chi connectivity index (χ4n) is 4.13. The van der Waals surface area contributed by atoms with Crippen molar-refractivity contribution < 1.29 is 27.5 Å². The predicted octanol–water partition coefficient (Wildman–Crippen LogP) is 4.15. The Hall–Kier alpha value is -4.05. The molecule has 0 radical (unpaired) electrons. The smallest absolute Gasteiger partial charge is 0.264 e. The number of benzene rings is 3. The molecule has 0 aliphatic carbocycles. The molecule has 10 heteroatoms. The first-order valence-electron chi connectivity index (χ1n) is 13.0. The number of rotatable bonds is 13. The summed E-state index contributed by atoms with van der Waals surface area (Å²) in [4.78, 5) is 28.4. The van der Waals surface area contributed by atoms with E-state index in [1.807, 2.05) is 19.9 Å². The number of nitrogens with one attached hydrogen (secondary N) is 1. The van der Waals surface area contributed by atoms with Crippen LogP contribution in [0.2, 0.25) is 0 Å². The molecule has 0 bridgehead atoms. The van der Waals surface area contributed by atoms with Crippen molar-refractivity contribution in [3.63, 3.8) is 0 Å². The second-order valence-corrected chi connectivity index (χ2v) is 11.2. The number of methoxy groups -OCH3 is 2. The van der Waals surface area contributed by atoms with Gasteiger partial charge in [0.2, 0.25) is 11.8 Å². The first-order chi connectivity index (χ1) is 19.1. The van der Waals surface area contributed by atoms with E-state index in [0.29, 0.717) is 18.0 Å². The lowest BCUT2D eigenvalue weighted by Crippen LogP contribution is -2.51. The molecule has 0 aromatic heterocycles. The molecule has 0 saturated carbocycles. The zero-order valence-electron chi connectivity index (χ0n) is 23.6. The molecule has 0 fully saturated rings. The van der Waals surface area contributed by atoms with Gasteiger partial charge < -0.3 is 19.7 Å². The van der Waals surface area contributed by atoms with Gasteiger partial charge in [0.1, 0.15) is 24.1 Å². The molecule has 1 unspecified atom stereocenters. The third-order valence-electron chi connectivity index (χ3n) is 6.45. The Labute approximate surface area is 236 Å². The van der Waals surface area contributed by atoms with Crippen molar-refractivity contribution in [3.05, 3.63) is 83.9 Å². The Morgan fingerprint density at radius 2 is 1.65 bits per heavy atom. The molecule has 0 spiro atoms. The SMILES string of the molecule is CCCNC(=O)C(C)N(Cc1cccc(OC)c1)C(=O)CN(c1ccccc1OC)S(=O)(=O)c1ccc(C)cc1. The highest BCUT2D eigenvalue weighted by molar-refractivity contribution is 7.92. The molecule has 0 aliphatic heterocycles. The molecule has 2 amide bonds. The second kappa shape index (κ2) is 13.8. The molecule has 0 aliphatic rings. The van der Waals surface area contributed by atoms with Gasteiger partial charge in [-0.15, -0.1) is 0 Å². The normalized spacial score (nSPS) is 11.8. The molecule has 1 atom stereocenters. The average molecular weight is 568 g/mol. The van der Waals surface area contributed by atoms with Crippen LogP contribution in [0.3, 0.4) is 0 Å². The third kappa shape index (κ3) is 7.32. The number of sulfonamides is 1. The van der Waals surface area contributed by atoms with Crippen LogP contribution in [0.4, 0.5) is 5.69 Å². The minimum absolute atomic E-state index is 0.0323. The third-order valence-corrected chi connectivity index (χ3v) is 8.22. The maximum Gasteiger partial charge on any atom is 0.264 e. The van der Waals surface area contributed by atoms with E-state index >= 15 is 0 Å². The van der Waals surface area contributed by atoms with Crippen LogP contribution in [0.15, 0.2) is 77.7 Å². The maximum atomic E-state index is 14.0. The minimum atomic E-state index is -4.19. The Balaban J connectivity index is 2.06. The molecular weight excluding hydrogens is 530 g/mol. The summed E-state index contributed by atoms with van der Waals surface area (Å²) in [7, 11) is -1.21. The Morgan fingerprint density at radius 1 is 0.950 bits per heavy atom. The number of para-hydroxylation sites is 2. The number of carbonyl (C=O) groups excluding carboxylic acids is 2. The van der Waals surface area contributed by atoms with E-state index in [-0.39, 0.29) is 23.0 Å². The van der Waals surface area contributed by atoms with E-state index in [2.05, 4.69) is 5.32 Å². The summed E-state index contributed by atoms with van der Waals surface area (Å²) in [5.41, 5.74) is 1.84. The number of hydrogen-bond donors (Lipinski definition) is 1. The molecule has 0 saturated heterocycles. The minimum Gasteiger partial charge on any atom is -0.497 e. The molecule has 40 heavy (non-hydrogen) atoms. The summed E-state index contributed by atoms with van der Waals surface area (Å²) < 4.78 is 39.7. The highest BCUT2D eigenvalue weighted by Gasteiger charge is 2.33. The van der Waals surface area contributed by atoms with Crippen LogP contribution < -0.4 is 19.1 Å². The fraction of sp³-hybridized carbons (Fsp3) is 0.333. The number of aryl methyl sites for hydroxylation is 1. The van der Waals surface area contributed by atoms with Gasteiger partial charge in [-0.1, -0.05) is 48.9 Å². The molecule has 0 heterocycles. The van der Waals surface area contributed by atoms with Gasteiger partial charge in [-0.3, -0.25) is 13.9 Å².